The number of hydrogen-bond donors (Lipinski definition) is 1. The normalized spacial score (nSPS) is 11.3. The summed E-state index contributed by atoms with van der Waals surface area (Å²) in [5.74, 6) is -0.272. The summed E-state index contributed by atoms with van der Waals surface area (Å²) in [5.41, 5.74) is 1.32. The Morgan fingerprint density at radius 3 is 2.78 bits per heavy atom. The second-order valence-corrected chi connectivity index (χ2v) is 6.42. The Morgan fingerprint density at radius 2 is 2.07 bits per heavy atom. The number of ether oxygens (including phenoxy) is 1. The van der Waals surface area contributed by atoms with Crippen LogP contribution in [0.15, 0.2) is 47.3 Å². The van der Waals surface area contributed by atoms with Gasteiger partial charge in [0.2, 0.25) is 0 Å². The zero-order valence-corrected chi connectivity index (χ0v) is 15.0. The molecule has 0 saturated carbocycles. The third-order valence-corrected chi connectivity index (χ3v) is 4.14. The first-order chi connectivity index (χ1) is 12.8. The van der Waals surface area contributed by atoms with E-state index >= 15 is 0 Å². The zero-order valence-electron chi connectivity index (χ0n) is 13.5. The molecule has 1 amide bonds. The number of amides is 1. The Bertz CT molecular complexity index is 949. The van der Waals surface area contributed by atoms with Crippen molar-refractivity contribution in [1.82, 2.24) is 9.97 Å². The first-order valence-electron chi connectivity index (χ1n) is 7.47. The number of hydrogen-bond acceptors (Lipinski definition) is 5. The highest BCUT2D eigenvalue weighted by molar-refractivity contribution is 7.07. The smallest absolute Gasteiger partial charge is 0.433 e. The van der Waals surface area contributed by atoms with E-state index in [9.17, 15) is 18.0 Å². The van der Waals surface area contributed by atoms with Crippen molar-refractivity contribution in [3.8, 4) is 5.75 Å². The molecule has 3 rings (SSSR count). The molecule has 140 valence electrons. The SMILES string of the molecule is O=C(Nc1cccc(OCc2cscn2)c1)c1cc(Cl)nc(C(F)(F)F)c1. The van der Waals surface area contributed by atoms with Crippen LogP contribution in [0.25, 0.3) is 0 Å². The van der Waals surface area contributed by atoms with Crippen molar-refractivity contribution in [2.24, 2.45) is 0 Å². The molecule has 10 heteroatoms. The third-order valence-electron chi connectivity index (χ3n) is 3.31. The lowest BCUT2D eigenvalue weighted by Crippen LogP contribution is -2.15. The fourth-order valence-corrected chi connectivity index (χ4v) is 2.86. The fraction of sp³-hybridized carbons (Fsp3) is 0.118. The van der Waals surface area contributed by atoms with Crippen LogP contribution in [-0.2, 0) is 12.8 Å². The van der Waals surface area contributed by atoms with Gasteiger partial charge in [0.15, 0.2) is 0 Å². The maximum atomic E-state index is 12.8. The van der Waals surface area contributed by atoms with E-state index in [0.717, 1.165) is 11.8 Å². The number of pyridine rings is 1. The minimum Gasteiger partial charge on any atom is -0.487 e. The monoisotopic (exact) mass is 413 g/mol. The number of nitrogens with one attached hydrogen (secondary N) is 1. The van der Waals surface area contributed by atoms with Crippen LogP contribution in [0, 0.1) is 0 Å². The van der Waals surface area contributed by atoms with Crippen LogP contribution in [0.1, 0.15) is 21.7 Å². The highest BCUT2D eigenvalue weighted by atomic mass is 35.5. The molecule has 0 saturated heterocycles. The zero-order chi connectivity index (χ0) is 19.4. The number of carbonyl (C=O) groups excluding carboxylic acids is 1. The average molecular weight is 414 g/mol. The predicted octanol–water partition coefficient (Wildman–Crippen LogP) is 5.04. The lowest BCUT2D eigenvalue weighted by molar-refractivity contribution is -0.141. The van der Waals surface area contributed by atoms with Crippen molar-refractivity contribution < 1.29 is 22.7 Å². The average Bonchev–Trinajstić information content (AvgIpc) is 3.12. The fourth-order valence-electron chi connectivity index (χ4n) is 2.11. The summed E-state index contributed by atoms with van der Waals surface area (Å²) >= 11 is 7.05. The largest absolute Gasteiger partial charge is 0.487 e. The van der Waals surface area contributed by atoms with E-state index in [1.807, 2.05) is 5.38 Å². The number of rotatable bonds is 5. The van der Waals surface area contributed by atoms with Gasteiger partial charge in [0.25, 0.3) is 5.91 Å². The minimum absolute atomic E-state index is 0.254. The van der Waals surface area contributed by atoms with Gasteiger partial charge in [0, 0.05) is 22.7 Å². The summed E-state index contributed by atoms with van der Waals surface area (Å²) < 4.78 is 44.0. The number of anilines is 1. The molecule has 1 aromatic carbocycles. The Hall–Kier alpha value is -2.65. The highest BCUT2D eigenvalue weighted by Gasteiger charge is 2.33. The van der Waals surface area contributed by atoms with Crippen LogP contribution in [0.5, 0.6) is 5.75 Å². The molecule has 0 aliphatic heterocycles. The first kappa shape index (κ1) is 19.1. The lowest BCUT2D eigenvalue weighted by Gasteiger charge is -2.11. The van der Waals surface area contributed by atoms with E-state index < -0.39 is 22.9 Å². The molecule has 0 bridgehead atoms. The number of halogens is 4. The van der Waals surface area contributed by atoms with Gasteiger partial charge in [-0.2, -0.15) is 13.2 Å². The molecule has 3 aromatic rings. The molecule has 2 heterocycles. The molecule has 5 nitrogen and oxygen atoms in total. The Balaban J connectivity index is 1.72. The minimum atomic E-state index is -4.70. The summed E-state index contributed by atoms with van der Waals surface area (Å²) in [6.07, 6.45) is -4.70. The van der Waals surface area contributed by atoms with E-state index in [1.165, 1.54) is 11.3 Å². The number of benzene rings is 1. The van der Waals surface area contributed by atoms with E-state index in [0.29, 0.717) is 17.5 Å². The molecule has 27 heavy (non-hydrogen) atoms. The van der Waals surface area contributed by atoms with E-state index in [-0.39, 0.29) is 12.2 Å². The molecule has 0 aliphatic carbocycles. The number of alkyl halides is 3. The molecule has 0 radical (unpaired) electrons. The van der Waals surface area contributed by atoms with Crippen LogP contribution in [0.3, 0.4) is 0 Å². The van der Waals surface area contributed by atoms with Crippen molar-refractivity contribution in [2.45, 2.75) is 12.8 Å². The maximum Gasteiger partial charge on any atom is 0.433 e. The molecule has 0 unspecified atom stereocenters. The van der Waals surface area contributed by atoms with E-state index in [4.69, 9.17) is 16.3 Å². The molecule has 0 spiro atoms. The Morgan fingerprint density at radius 1 is 1.26 bits per heavy atom. The summed E-state index contributed by atoms with van der Waals surface area (Å²) in [6, 6.07) is 8.18. The van der Waals surface area contributed by atoms with Gasteiger partial charge >= 0.3 is 6.18 Å². The van der Waals surface area contributed by atoms with Crippen molar-refractivity contribution in [2.75, 3.05) is 5.32 Å². The molecule has 2 aromatic heterocycles. The van der Waals surface area contributed by atoms with Crippen LogP contribution in [-0.4, -0.2) is 15.9 Å². The van der Waals surface area contributed by atoms with E-state index in [2.05, 4.69) is 15.3 Å². The second-order valence-electron chi connectivity index (χ2n) is 5.31. The highest BCUT2D eigenvalue weighted by Crippen LogP contribution is 2.29. The standard InChI is InChI=1S/C17H11ClF3N3O2S/c18-15-5-10(4-14(24-15)17(19,20)21)16(25)23-11-2-1-3-13(6-11)26-7-12-8-27-9-22-12/h1-6,8-9H,7H2,(H,23,25). The summed E-state index contributed by atoms with van der Waals surface area (Å²) in [4.78, 5) is 19.6. The van der Waals surface area contributed by atoms with Crippen molar-refractivity contribution in [1.29, 1.82) is 0 Å². The lowest BCUT2D eigenvalue weighted by atomic mass is 10.2. The van der Waals surface area contributed by atoms with Gasteiger partial charge in [-0.05, 0) is 24.3 Å². The molecule has 1 N–H and O–H groups in total. The number of carbonyl (C=O) groups is 1. The van der Waals surface area contributed by atoms with Crippen molar-refractivity contribution in [3.63, 3.8) is 0 Å². The van der Waals surface area contributed by atoms with E-state index in [1.54, 1.807) is 29.8 Å². The van der Waals surface area contributed by atoms with Crippen LogP contribution in [0.2, 0.25) is 5.15 Å². The molecular weight excluding hydrogens is 403 g/mol. The van der Waals surface area contributed by atoms with Crippen LogP contribution < -0.4 is 10.1 Å². The van der Waals surface area contributed by atoms with Gasteiger partial charge in [-0.1, -0.05) is 17.7 Å². The van der Waals surface area contributed by atoms with Gasteiger partial charge < -0.3 is 10.1 Å². The summed E-state index contributed by atoms with van der Waals surface area (Å²) in [6.45, 7) is 0.260. The van der Waals surface area contributed by atoms with Crippen LogP contribution in [0.4, 0.5) is 18.9 Å². The predicted molar refractivity (Wildman–Crippen MR) is 95.1 cm³/mol. The molecule has 0 fully saturated rings. The van der Waals surface area contributed by atoms with Gasteiger partial charge in [-0.25, -0.2) is 9.97 Å². The second kappa shape index (κ2) is 7.93. The number of nitrogens with zero attached hydrogens (tertiary/aromatic N) is 2. The van der Waals surface area contributed by atoms with Gasteiger partial charge in [-0.15, -0.1) is 11.3 Å². The quantitative estimate of drug-likeness (QED) is 0.595. The maximum absolute atomic E-state index is 12.8. The Labute approximate surface area is 160 Å². The topological polar surface area (TPSA) is 64.1 Å². The van der Waals surface area contributed by atoms with Crippen LogP contribution >= 0.6 is 22.9 Å². The number of thiazole rings is 1. The first-order valence-corrected chi connectivity index (χ1v) is 8.79. The third kappa shape index (κ3) is 5.18. The summed E-state index contributed by atoms with van der Waals surface area (Å²) in [7, 11) is 0. The number of aromatic nitrogens is 2. The summed E-state index contributed by atoms with van der Waals surface area (Å²) in [5, 5.41) is 3.93. The molecular formula is C17H11ClF3N3O2S. The Kier molecular flexibility index (Phi) is 5.62. The molecule has 0 atom stereocenters. The van der Waals surface area contributed by atoms with Gasteiger partial charge in [0.05, 0.1) is 11.2 Å². The van der Waals surface area contributed by atoms with Gasteiger partial charge in [-0.3, -0.25) is 4.79 Å². The van der Waals surface area contributed by atoms with Crippen molar-refractivity contribution in [3.05, 3.63) is 69.4 Å². The molecule has 0 aliphatic rings. The van der Waals surface area contributed by atoms with Gasteiger partial charge in [0.1, 0.15) is 23.2 Å². The van der Waals surface area contributed by atoms with Crippen molar-refractivity contribution >= 4 is 34.5 Å².